The van der Waals surface area contributed by atoms with Crippen LogP contribution in [0.25, 0.3) is 22.4 Å². The third kappa shape index (κ3) is 4.48. The number of alkyl halides is 2. The minimum absolute atomic E-state index is 0.129. The van der Waals surface area contributed by atoms with Gasteiger partial charge in [-0.05, 0) is 25.0 Å². The lowest BCUT2D eigenvalue weighted by Crippen LogP contribution is -2.38. The second-order valence-corrected chi connectivity index (χ2v) is 9.96. The Kier molecular flexibility index (Phi) is 7.09. The fourth-order valence-electron chi connectivity index (χ4n) is 4.44. The molecule has 0 spiro atoms. The number of nitrogens with zero attached hydrogens (tertiary/aromatic N) is 4. The zero-order valence-corrected chi connectivity index (χ0v) is 19.5. The lowest BCUT2D eigenvalue weighted by molar-refractivity contribution is 0.334. The van der Waals surface area contributed by atoms with Gasteiger partial charge in [-0.25, -0.2) is 31.9 Å². The Balaban J connectivity index is 1.84. The van der Waals surface area contributed by atoms with Crippen molar-refractivity contribution in [1.82, 2.24) is 19.3 Å². The summed E-state index contributed by atoms with van der Waals surface area (Å²) in [6.07, 6.45) is 7.30. The Bertz CT molecular complexity index is 1310. The summed E-state index contributed by atoms with van der Waals surface area (Å²) in [5.41, 5.74) is 1.74. The minimum Gasteiger partial charge on any atom is -0.497 e. The zero-order chi connectivity index (χ0) is 24.3. The number of halogens is 2. The normalized spacial score (nSPS) is 15.0. The van der Waals surface area contributed by atoms with Crippen LogP contribution in [0.5, 0.6) is 5.75 Å². The molecule has 8 nitrogen and oxygen atoms in total. The molecule has 3 aromatic rings. The molecule has 180 valence electrons. The number of methoxy groups -OCH3 is 1. The average molecular weight is 490 g/mol. The van der Waals surface area contributed by atoms with Crippen molar-refractivity contribution in [3.05, 3.63) is 36.2 Å². The van der Waals surface area contributed by atoms with E-state index in [1.54, 1.807) is 13.2 Å². The molecule has 1 saturated carbocycles. The van der Waals surface area contributed by atoms with Gasteiger partial charge in [0.05, 0.1) is 36.6 Å². The topological polar surface area (TPSA) is 110 Å². The molecule has 0 radical (unpaired) electrons. The fraction of sp³-hybridized carbons (Fsp3) is 0.435. The second-order valence-electron chi connectivity index (χ2n) is 8.25. The van der Waals surface area contributed by atoms with Gasteiger partial charge in [0.15, 0.2) is 5.82 Å². The molecule has 2 heterocycles. The molecular formula is C23H25F2N5O3S. The Morgan fingerprint density at radius 2 is 1.88 bits per heavy atom. The third-order valence-electron chi connectivity index (χ3n) is 6.11. The van der Waals surface area contributed by atoms with Crippen molar-refractivity contribution < 1.29 is 21.9 Å². The van der Waals surface area contributed by atoms with Crippen molar-refractivity contribution in [2.45, 2.75) is 49.1 Å². The summed E-state index contributed by atoms with van der Waals surface area (Å²) in [6, 6.07) is 6.41. The Hall–Kier alpha value is -3.10. The SMILES string of the molecule is COc1ccc2c(C#N)c(-c3ncc(S(=O)(=O)NC(CF)CF)cn3)n(C3CCCCC3)c2c1. The number of nitrogens with one attached hydrogen (secondary N) is 1. The van der Waals surface area contributed by atoms with Crippen LogP contribution in [-0.4, -0.2) is 49.5 Å². The number of ether oxygens (including phenoxy) is 1. The van der Waals surface area contributed by atoms with Crippen LogP contribution >= 0.6 is 0 Å². The molecule has 0 unspecified atom stereocenters. The Labute approximate surface area is 196 Å². The van der Waals surface area contributed by atoms with Gasteiger partial charge in [0, 0.05) is 17.5 Å². The van der Waals surface area contributed by atoms with Crippen LogP contribution in [0.4, 0.5) is 8.78 Å². The lowest BCUT2D eigenvalue weighted by Gasteiger charge is -2.26. The number of nitriles is 1. The maximum Gasteiger partial charge on any atom is 0.244 e. The number of rotatable bonds is 8. The summed E-state index contributed by atoms with van der Waals surface area (Å²) in [6.45, 7) is -2.35. The highest BCUT2D eigenvalue weighted by atomic mass is 32.2. The lowest BCUT2D eigenvalue weighted by atomic mass is 9.95. The Morgan fingerprint density at radius 1 is 1.21 bits per heavy atom. The predicted molar refractivity (Wildman–Crippen MR) is 122 cm³/mol. The van der Waals surface area contributed by atoms with E-state index in [9.17, 15) is 22.5 Å². The van der Waals surface area contributed by atoms with Gasteiger partial charge in [-0.2, -0.15) is 5.26 Å². The highest BCUT2D eigenvalue weighted by Crippen LogP contribution is 2.40. The van der Waals surface area contributed by atoms with E-state index in [0.29, 0.717) is 17.0 Å². The maximum absolute atomic E-state index is 12.8. The van der Waals surface area contributed by atoms with Gasteiger partial charge in [0.1, 0.15) is 35.8 Å². The molecular weight excluding hydrogens is 464 g/mol. The van der Waals surface area contributed by atoms with E-state index >= 15 is 0 Å². The molecule has 0 aliphatic heterocycles. The van der Waals surface area contributed by atoms with Crippen LogP contribution < -0.4 is 9.46 Å². The second kappa shape index (κ2) is 10.0. The van der Waals surface area contributed by atoms with Gasteiger partial charge >= 0.3 is 0 Å². The van der Waals surface area contributed by atoms with Crippen LogP contribution in [0, 0.1) is 11.3 Å². The van der Waals surface area contributed by atoms with E-state index in [4.69, 9.17) is 4.74 Å². The van der Waals surface area contributed by atoms with E-state index in [1.807, 2.05) is 16.9 Å². The standard InChI is InChI=1S/C23H25F2N5O3S/c1-33-17-7-8-19-20(12-26)22(30(21(19)9-17)16-5-3-2-4-6-16)23-27-13-18(14-28-23)34(31,32)29-15(10-24)11-25/h7-9,13-16,29H,2-6,10-11H2,1H3. The first kappa shape index (κ1) is 24.0. The third-order valence-corrected chi connectivity index (χ3v) is 7.58. The van der Waals surface area contributed by atoms with Gasteiger partial charge in [-0.15, -0.1) is 0 Å². The van der Waals surface area contributed by atoms with Gasteiger partial charge in [0.25, 0.3) is 0 Å². The van der Waals surface area contributed by atoms with Crippen LogP contribution in [0.1, 0.15) is 43.7 Å². The van der Waals surface area contributed by atoms with Gasteiger partial charge in [-0.3, -0.25) is 0 Å². The van der Waals surface area contributed by atoms with E-state index < -0.39 is 29.4 Å². The van der Waals surface area contributed by atoms with Crippen LogP contribution in [0.3, 0.4) is 0 Å². The fourth-order valence-corrected chi connectivity index (χ4v) is 5.52. The average Bonchev–Trinajstić information content (AvgIpc) is 3.21. The van der Waals surface area contributed by atoms with E-state index in [-0.39, 0.29) is 16.8 Å². The van der Waals surface area contributed by atoms with E-state index in [2.05, 4.69) is 20.6 Å². The summed E-state index contributed by atoms with van der Waals surface area (Å²) in [7, 11) is -2.63. The highest BCUT2D eigenvalue weighted by molar-refractivity contribution is 7.89. The zero-order valence-electron chi connectivity index (χ0n) is 18.7. The summed E-state index contributed by atoms with van der Waals surface area (Å²) in [5.74, 6) is 0.852. The van der Waals surface area contributed by atoms with Crippen LogP contribution in [-0.2, 0) is 10.0 Å². The van der Waals surface area contributed by atoms with Crippen molar-refractivity contribution in [3.63, 3.8) is 0 Å². The smallest absolute Gasteiger partial charge is 0.244 e. The van der Waals surface area contributed by atoms with Crippen molar-refractivity contribution >= 4 is 20.9 Å². The molecule has 1 fully saturated rings. The molecule has 2 aromatic heterocycles. The molecule has 1 aliphatic rings. The molecule has 1 N–H and O–H groups in total. The molecule has 0 atom stereocenters. The molecule has 0 amide bonds. The first-order valence-corrected chi connectivity index (χ1v) is 12.5. The summed E-state index contributed by atoms with van der Waals surface area (Å²) in [5, 5.41) is 10.8. The summed E-state index contributed by atoms with van der Waals surface area (Å²) >= 11 is 0. The number of aromatic nitrogens is 3. The van der Waals surface area contributed by atoms with Crippen LogP contribution in [0.15, 0.2) is 35.5 Å². The molecule has 34 heavy (non-hydrogen) atoms. The number of benzene rings is 1. The molecule has 1 aromatic carbocycles. The number of sulfonamides is 1. The van der Waals surface area contributed by atoms with Gasteiger partial charge in [0.2, 0.25) is 10.0 Å². The summed E-state index contributed by atoms with van der Waals surface area (Å²) in [4.78, 5) is 8.19. The molecule has 11 heteroatoms. The summed E-state index contributed by atoms with van der Waals surface area (Å²) < 4.78 is 60.0. The highest BCUT2D eigenvalue weighted by Gasteiger charge is 2.28. The van der Waals surface area contributed by atoms with Crippen molar-refractivity contribution in [2.24, 2.45) is 0 Å². The monoisotopic (exact) mass is 489 g/mol. The predicted octanol–water partition coefficient (Wildman–Crippen LogP) is 4.07. The first-order valence-electron chi connectivity index (χ1n) is 11.0. The van der Waals surface area contributed by atoms with Gasteiger partial charge < -0.3 is 9.30 Å². The molecule has 0 saturated heterocycles. The maximum atomic E-state index is 12.8. The van der Waals surface area contributed by atoms with Gasteiger partial charge in [-0.1, -0.05) is 19.3 Å². The van der Waals surface area contributed by atoms with E-state index in [0.717, 1.165) is 55.4 Å². The number of hydrogen-bond donors (Lipinski definition) is 1. The minimum atomic E-state index is -4.21. The quantitative estimate of drug-likeness (QED) is 0.511. The van der Waals surface area contributed by atoms with Crippen molar-refractivity contribution in [3.8, 4) is 23.3 Å². The Morgan fingerprint density at radius 3 is 2.47 bits per heavy atom. The van der Waals surface area contributed by atoms with Crippen molar-refractivity contribution in [1.29, 1.82) is 5.26 Å². The first-order chi connectivity index (χ1) is 16.4. The molecule has 1 aliphatic carbocycles. The van der Waals surface area contributed by atoms with Crippen molar-refractivity contribution in [2.75, 3.05) is 20.5 Å². The van der Waals surface area contributed by atoms with E-state index in [1.165, 1.54) is 0 Å². The number of fused-ring (bicyclic) bond motifs is 1. The largest absolute Gasteiger partial charge is 0.497 e. The molecule has 4 rings (SSSR count). The number of hydrogen-bond acceptors (Lipinski definition) is 6. The van der Waals surface area contributed by atoms with Crippen LogP contribution in [0.2, 0.25) is 0 Å². The molecule has 0 bridgehead atoms.